The third kappa shape index (κ3) is 5.92. The summed E-state index contributed by atoms with van der Waals surface area (Å²) in [6.45, 7) is 2.08. The number of anilines is 1. The molecule has 182 valence electrons. The Morgan fingerprint density at radius 2 is 1.91 bits per heavy atom. The minimum Gasteiger partial charge on any atom is -0.376 e. The van der Waals surface area contributed by atoms with Crippen LogP contribution in [0.3, 0.4) is 0 Å². The number of nitrogens with one attached hydrogen (secondary N) is 3. The molecule has 0 saturated heterocycles. The predicted molar refractivity (Wildman–Crippen MR) is 137 cm³/mol. The van der Waals surface area contributed by atoms with Crippen molar-refractivity contribution in [3.8, 4) is 0 Å². The molecule has 3 fully saturated rings. The van der Waals surface area contributed by atoms with Crippen molar-refractivity contribution >= 4 is 40.4 Å². The summed E-state index contributed by atoms with van der Waals surface area (Å²) in [5.41, 5.74) is 2.04. The number of hydrogen-bond donors (Lipinski definition) is 3. The van der Waals surface area contributed by atoms with Gasteiger partial charge in [0.1, 0.15) is 6.04 Å². The maximum absolute atomic E-state index is 13.1. The molecule has 2 aromatic rings. The Morgan fingerprint density at radius 3 is 2.62 bits per heavy atom. The zero-order valence-electron chi connectivity index (χ0n) is 19.6. The number of aromatic nitrogens is 1. The summed E-state index contributed by atoms with van der Waals surface area (Å²) in [6.07, 6.45) is 11.6. The van der Waals surface area contributed by atoms with E-state index < -0.39 is 6.04 Å². The summed E-state index contributed by atoms with van der Waals surface area (Å²) in [7, 11) is 0. The lowest BCUT2D eigenvalue weighted by molar-refractivity contribution is -0.123. The minimum atomic E-state index is -0.462. The topological polar surface area (TPSA) is 83.1 Å². The number of thiophene rings is 1. The highest BCUT2D eigenvalue weighted by molar-refractivity contribution is 7.14. The van der Waals surface area contributed by atoms with Crippen molar-refractivity contribution in [1.29, 1.82) is 0 Å². The quantitative estimate of drug-likeness (QED) is 0.384. The van der Waals surface area contributed by atoms with E-state index in [4.69, 9.17) is 11.6 Å². The van der Waals surface area contributed by atoms with Crippen molar-refractivity contribution in [3.63, 3.8) is 0 Å². The highest BCUT2D eigenvalue weighted by Crippen LogP contribution is 2.43. The van der Waals surface area contributed by atoms with Gasteiger partial charge in [-0.05, 0) is 63.1 Å². The molecule has 3 N–H and O–H groups in total. The van der Waals surface area contributed by atoms with Gasteiger partial charge in [-0.15, -0.1) is 11.3 Å². The number of amides is 2. The summed E-state index contributed by atoms with van der Waals surface area (Å²) < 4.78 is 0. The molecule has 0 aliphatic heterocycles. The van der Waals surface area contributed by atoms with Crippen LogP contribution in [0.15, 0.2) is 24.4 Å². The summed E-state index contributed by atoms with van der Waals surface area (Å²) in [4.78, 5) is 32.2. The lowest BCUT2D eigenvalue weighted by Gasteiger charge is -2.21. The molecule has 2 atom stereocenters. The van der Waals surface area contributed by atoms with Crippen molar-refractivity contribution in [2.75, 3.05) is 5.32 Å². The Labute approximate surface area is 210 Å². The highest BCUT2D eigenvalue weighted by atomic mass is 35.5. The second kappa shape index (κ2) is 10.2. The van der Waals surface area contributed by atoms with Crippen LogP contribution >= 0.6 is 22.9 Å². The van der Waals surface area contributed by atoms with E-state index in [2.05, 4.69) is 27.9 Å². The maximum atomic E-state index is 13.1. The average Bonchev–Trinajstić information content (AvgIpc) is 3.71. The lowest BCUT2D eigenvalue weighted by Crippen LogP contribution is -2.48. The maximum Gasteiger partial charge on any atom is 0.262 e. The second-order valence-corrected chi connectivity index (χ2v) is 11.7. The number of hydrogen-bond acceptors (Lipinski definition) is 5. The molecule has 0 radical (unpaired) electrons. The van der Waals surface area contributed by atoms with Crippen LogP contribution in [-0.4, -0.2) is 28.9 Å². The third-order valence-corrected chi connectivity index (χ3v) is 8.56. The molecule has 0 aromatic carbocycles. The number of pyridine rings is 1. The fourth-order valence-electron chi connectivity index (χ4n) is 4.83. The van der Waals surface area contributed by atoms with Crippen molar-refractivity contribution in [3.05, 3.63) is 44.9 Å². The fourth-order valence-corrected chi connectivity index (χ4v) is 5.90. The van der Waals surface area contributed by atoms with E-state index in [0.29, 0.717) is 21.7 Å². The van der Waals surface area contributed by atoms with Gasteiger partial charge in [0.05, 0.1) is 27.3 Å². The van der Waals surface area contributed by atoms with E-state index in [1.807, 2.05) is 18.2 Å². The van der Waals surface area contributed by atoms with Crippen molar-refractivity contribution in [2.45, 2.75) is 88.8 Å². The zero-order chi connectivity index (χ0) is 23.7. The Bertz CT molecular complexity index is 1040. The summed E-state index contributed by atoms with van der Waals surface area (Å²) >= 11 is 7.67. The van der Waals surface area contributed by atoms with Gasteiger partial charge in [0.15, 0.2) is 0 Å². The van der Waals surface area contributed by atoms with Gasteiger partial charge in [0, 0.05) is 23.0 Å². The Morgan fingerprint density at radius 1 is 1.15 bits per heavy atom. The largest absolute Gasteiger partial charge is 0.376 e. The molecular weight excluding hydrogens is 468 g/mol. The normalized spacial score (nSPS) is 20.1. The smallest absolute Gasteiger partial charge is 0.262 e. The molecular formula is C26H33ClN4O2S. The van der Waals surface area contributed by atoms with Crippen molar-refractivity contribution in [2.24, 2.45) is 5.92 Å². The molecule has 2 heterocycles. The SMILES string of the molecule is CC(Nc1cc(Cl)cnc1C1CC1)c1ccc(C(=O)NC(CC2CCCC2)C(=O)NC2CC2)s1. The van der Waals surface area contributed by atoms with Gasteiger partial charge in [0.25, 0.3) is 5.91 Å². The standard InChI is InChI=1S/C26H33ClN4O2S/c1-15(29-20-13-18(27)14-28-24(20)17-6-7-17)22-10-11-23(34-22)26(33)31-21(12-16-4-2-3-5-16)25(32)30-19-8-9-19/h10-11,13-17,19,21,29H,2-9,12H2,1H3,(H,30,32)(H,31,33). The van der Waals surface area contributed by atoms with E-state index in [0.717, 1.165) is 61.2 Å². The molecule has 6 nitrogen and oxygen atoms in total. The van der Waals surface area contributed by atoms with Gasteiger partial charge in [-0.3, -0.25) is 14.6 Å². The first kappa shape index (κ1) is 23.6. The number of carbonyl (C=O) groups excluding carboxylic acids is 2. The molecule has 2 aromatic heterocycles. The zero-order valence-corrected chi connectivity index (χ0v) is 21.2. The van der Waals surface area contributed by atoms with Crippen LogP contribution < -0.4 is 16.0 Å². The lowest BCUT2D eigenvalue weighted by atomic mass is 9.97. The fraction of sp³-hybridized carbons (Fsp3) is 0.577. The molecule has 8 heteroatoms. The van der Waals surface area contributed by atoms with Crippen LogP contribution in [0.5, 0.6) is 0 Å². The molecule has 2 amide bonds. The second-order valence-electron chi connectivity index (χ2n) is 10.1. The third-order valence-electron chi connectivity index (χ3n) is 7.09. The van der Waals surface area contributed by atoms with E-state index in [9.17, 15) is 9.59 Å². The van der Waals surface area contributed by atoms with Crippen LogP contribution in [0.4, 0.5) is 5.69 Å². The molecule has 3 aliphatic rings. The van der Waals surface area contributed by atoms with Crippen LogP contribution in [0, 0.1) is 5.92 Å². The van der Waals surface area contributed by atoms with Crippen molar-refractivity contribution < 1.29 is 9.59 Å². The summed E-state index contributed by atoms with van der Waals surface area (Å²) in [6, 6.07) is 5.62. The van der Waals surface area contributed by atoms with Crippen LogP contribution in [-0.2, 0) is 4.79 Å². The first-order chi connectivity index (χ1) is 16.5. The van der Waals surface area contributed by atoms with Gasteiger partial charge in [-0.2, -0.15) is 0 Å². The Hall–Kier alpha value is -2.12. The van der Waals surface area contributed by atoms with E-state index in [-0.39, 0.29) is 23.9 Å². The minimum absolute atomic E-state index is 0.0109. The first-order valence-corrected chi connectivity index (χ1v) is 13.8. The van der Waals surface area contributed by atoms with Gasteiger partial charge in [-0.1, -0.05) is 37.3 Å². The molecule has 0 spiro atoms. The monoisotopic (exact) mass is 500 g/mol. The number of rotatable bonds is 10. The van der Waals surface area contributed by atoms with E-state index in [1.165, 1.54) is 24.2 Å². The first-order valence-electron chi connectivity index (χ1n) is 12.6. The highest BCUT2D eigenvalue weighted by Gasteiger charge is 2.32. The van der Waals surface area contributed by atoms with Gasteiger partial charge >= 0.3 is 0 Å². The number of carbonyl (C=O) groups is 2. The van der Waals surface area contributed by atoms with Crippen LogP contribution in [0.1, 0.15) is 96.9 Å². The molecule has 2 unspecified atom stereocenters. The molecule has 5 rings (SSSR count). The van der Waals surface area contributed by atoms with E-state index >= 15 is 0 Å². The van der Waals surface area contributed by atoms with Gasteiger partial charge in [-0.25, -0.2) is 0 Å². The predicted octanol–water partition coefficient (Wildman–Crippen LogP) is 5.80. The van der Waals surface area contributed by atoms with E-state index in [1.54, 1.807) is 6.20 Å². The van der Waals surface area contributed by atoms with Gasteiger partial charge < -0.3 is 16.0 Å². The van der Waals surface area contributed by atoms with Crippen LogP contribution in [0.2, 0.25) is 5.02 Å². The molecule has 3 aliphatic carbocycles. The summed E-state index contributed by atoms with van der Waals surface area (Å²) in [5.74, 6) is 0.830. The Kier molecular flexibility index (Phi) is 7.11. The summed E-state index contributed by atoms with van der Waals surface area (Å²) in [5, 5.41) is 10.3. The molecule has 34 heavy (non-hydrogen) atoms. The van der Waals surface area contributed by atoms with Gasteiger partial charge in [0.2, 0.25) is 5.91 Å². The average molecular weight is 501 g/mol. The van der Waals surface area contributed by atoms with Crippen LogP contribution in [0.25, 0.3) is 0 Å². The Balaban J connectivity index is 1.24. The van der Waals surface area contributed by atoms with Crippen molar-refractivity contribution in [1.82, 2.24) is 15.6 Å². The molecule has 3 saturated carbocycles. The number of nitrogens with zero attached hydrogens (tertiary/aromatic N) is 1. The molecule has 0 bridgehead atoms. The number of halogens is 1.